The van der Waals surface area contributed by atoms with Gasteiger partial charge in [-0.3, -0.25) is 0 Å². The number of benzene rings is 1. The van der Waals surface area contributed by atoms with Gasteiger partial charge in [0.1, 0.15) is 9.88 Å². The van der Waals surface area contributed by atoms with Crippen LogP contribution in [0.4, 0.5) is 5.00 Å². The zero-order valence-corrected chi connectivity index (χ0v) is 18.0. The molecule has 150 valence electrons. The fourth-order valence-corrected chi connectivity index (χ4v) is 4.04. The summed E-state index contributed by atoms with van der Waals surface area (Å²) in [6.45, 7) is 7.63. The minimum Gasteiger partial charge on any atom is -0.462 e. The Labute approximate surface area is 174 Å². The number of carbonyl (C=O) groups excluding carboxylic acids is 2. The third-order valence-corrected chi connectivity index (χ3v) is 5.37. The Kier molecular flexibility index (Phi) is 7.95. The molecule has 8 heteroatoms. The number of thiocarbonyl (C=S) groups is 1. The van der Waals surface area contributed by atoms with Crippen molar-refractivity contribution in [3.8, 4) is 0 Å². The molecule has 2 aromatic rings. The van der Waals surface area contributed by atoms with Crippen LogP contribution in [0.5, 0.6) is 0 Å². The predicted octanol–water partition coefficient (Wildman–Crippen LogP) is 4.46. The highest BCUT2D eigenvalue weighted by Crippen LogP contribution is 2.34. The quantitative estimate of drug-likeness (QED) is 0.506. The number of thiophene rings is 1. The molecule has 0 saturated carbocycles. The predicted molar refractivity (Wildman–Crippen MR) is 115 cm³/mol. The zero-order chi connectivity index (χ0) is 20.7. The second-order valence-corrected chi connectivity index (χ2v) is 7.36. The molecule has 0 aliphatic carbocycles. The largest absolute Gasteiger partial charge is 0.462 e. The topological polar surface area (TPSA) is 76.7 Å². The Morgan fingerprint density at radius 2 is 1.71 bits per heavy atom. The summed E-state index contributed by atoms with van der Waals surface area (Å²) in [5.74, 6) is -0.978. The Morgan fingerprint density at radius 3 is 2.32 bits per heavy atom. The molecule has 1 heterocycles. The Balaban J connectivity index is 2.25. The second kappa shape index (κ2) is 10.2. The second-order valence-electron chi connectivity index (χ2n) is 5.93. The van der Waals surface area contributed by atoms with Crippen LogP contribution < -0.4 is 10.6 Å². The van der Waals surface area contributed by atoms with Crippen LogP contribution in [-0.4, -0.2) is 30.3 Å². The maximum Gasteiger partial charge on any atom is 0.348 e. The molecule has 2 N–H and O–H groups in total. The lowest BCUT2D eigenvalue weighted by Crippen LogP contribution is -2.31. The van der Waals surface area contributed by atoms with Gasteiger partial charge in [-0.25, -0.2) is 9.59 Å². The van der Waals surface area contributed by atoms with E-state index in [0.29, 0.717) is 26.1 Å². The lowest BCUT2D eigenvalue weighted by Gasteiger charge is -2.17. The third kappa shape index (κ3) is 5.30. The molecule has 2 rings (SSSR count). The highest BCUT2D eigenvalue weighted by atomic mass is 32.1. The number of nitrogens with one attached hydrogen (secondary N) is 2. The van der Waals surface area contributed by atoms with E-state index in [-0.39, 0.29) is 19.3 Å². The standard InChI is InChI=1S/C20H24N2O4S2/c1-5-25-18(23)15-12(3)16(19(24)26-6-2)28-17(15)22-20(27)21-13(4)14-10-8-7-9-11-14/h7-11,13H,5-6H2,1-4H3,(H2,21,22,27). The van der Waals surface area contributed by atoms with Gasteiger partial charge in [-0.05, 0) is 51.0 Å². The summed E-state index contributed by atoms with van der Waals surface area (Å²) in [5, 5.41) is 7.02. The number of hydrogen-bond acceptors (Lipinski definition) is 6. The summed E-state index contributed by atoms with van der Waals surface area (Å²) < 4.78 is 10.2. The van der Waals surface area contributed by atoms with Crippen molar-refractivity contribution < 1.29 is 19.1 Å². The van der Waals surface area contributed by atoms with Gasteiger partial charge in [0, 0.05) is 0 Å². The number of ether oxygens (including phenoxy) is 2. The minimum absolute atomic E-state index is 0.0298. The lowest BCUT2D eigenvalue weighted by molar-refractivity contribution is 0.0527. The molecule has 1 aromatic heterocycles. The molecule has 0 aliphatic rings. The number of rotatable bonds is 7. The molecule has 0 saturated heterocycles. The number of hydrogen-bond donors (Lipinski definition) is 2. The molecule has 1 atom stereocenters. The lowest BCUT2D eigenvalue weighted by atomic mass is 10.1. The average molecular weight is 421 g/mol. The van der Waals surface area contributed by atoms with Gasteiger partial charge in [0.25, 0.3) is 0 Å². The van der Waals surface area contributed by atoms with Crippen molar-refractivity contribution in [2.24, 2.45) is 0 Å². The van der Waals surface area contributed by atoms with Gasteiger partial charge < -0.3 is 20.1 Å². The van der Waals surface area contributed by atoms with Crippen molar-refractivity contribution in [3.05, 3.63) is 51.9 Å². The van der Waals surface area contributed by atoms with E-state index < -0.39 is 11.9 Å². The van der Waals surface area contributed by atoms with Crippen LogP contribution in [0, 0.1) is 6.92 Å². The van der Waals surface area contributed by atoms with Gasteiger partial charge in [0.05, 0.1) is 24.8 Å². The molecule has 0 aliphatic heterocycles. The Bertz CT molecular complexity index is 849. The van der Waals surface area contributed by atoms with Crippen LogP contribution in [0.2, 0.25) is 0 Å². The van der Waals surface area contributed by atoms with E-state index in [1.165, 1.54) is 0 Å². The number of esters is 2. The van der Waals surface area contributed by atoms with E-state index in [1.54, 1.807) is 20.8 Å². The third-order valence-electron chi connectivity index (χ3n) is 3.96. The number of anilines is 1. The molecule has 0 radical (unpaired) electrons. The van der Waals surface area contributed by atoms with Crippen LogP contribution in [0.3, 0.4) is 0 Å². The maximum absolute atomic E-state index is 12.4. The highest BCUT2D eigenvalue weighted by Gasteiger charge is 2.27. The van der Waals surface area contributed by atoms with Crippen molar-refractivity contribution >= 4 is 45.6 Å². The first-order chi connectivity index (χ1) is 13.4. The fourth-order valence-electron chi connectivity index (χ4n) is 2.60. The molecule has 0 amide bonds. The first-order valence-electron chi connectivity index (χ1n) is 8.99. The zero-order valence-electron chi connectivity index (χ0n) is 16.3. The maximum atomic E-state index is 12.4. The summed E-state index contributed by atoms with van der Waals surface area (Å²) in [6.07, 6.45) is 0. The van der Waals surface area contributed by atoms with Crippen molar-refractivity contribution in [3.63, 3.8) is 0 Å². The van der Waals surface area contributed by atoms with Gasteiger partial charge in [0.15, 0.2) is 5.11 Å². The van der Waals surface area contributed by atoms with Crippen LogP contribution in [0.25, 0.3) is 0 Å². The van der Waals surface area contributed by atoms with Crippen molar-refractivity contribution in [1.29, 1.82) is 0 Å². The molecule has 1 unspecified atom stereocenters. The average Bonchev–Trinajstić information content (AvgIpc) is 2.98. The van der Waals surface area contributed by atoms with Gasteiger partial charge in [-0.1, -0.05) is 30.3 Å². The van der Waals surface area contributed by atoms with Gasteiger partial charge in [0.2, 0.25) is 0 Å². The monoisotopic (exact) mass is 420 g/mol. The minimum atomic E-state index is -0.506. The van der Waals surface area contributed by atoms with E-state index in [0.717, 1.165) is 16.9 Å². The molecular weight excluding hydrogens is 396 g/mol. The Hall–Kier alpha value is -2.45. The normalized spacial score (nSPS) is 11.4. The first kappa shape index (κ1) is 21.8. The molecular formula is C20H24N2O4S2. The van der Waals surface area contributed by atoms with Gasteiger partial charge >= 0.3 is 11.9 Å². The van der Waals surface area contributed by atoms with Crippen molar-refractivity contribution in [2.45, 2.75) is 33.7 Å². The van der Waals surface area contributed by atoms with E-state index in [9.17, 15) is 9.59 Å². The SMILES string of the molecule is CCOC(=O)c1sc(NC(=S)NC(C)c2ccccc2)c(C(=O)OCC)c1C. The Morgan fingerprint density at radius 1 is 1.11 bits per heavy atom. The molecule has 1 aromatic carbocycles. The van der Waals surface area contributed by atoms with Crippen LogP contribution >= 0.6 is 23.6 Å². The fraction of sp³-hybridized carbons (Fsp3) is 0.350. The van der Waals surface area contributed by atoms with Gasteiger partial charge in [-0.15, -0.1) is 11.3 Å². The van der Waals surface area contributed by atoms with E-state index >= 15 is 0 Å². The molecule has 0 fully saturated rings. The first-order valence-corrected chi connectivity index (χ1v) is 10.2. The summed E-state index contributed by atoms with van der Waals surface area (Å²) >= 11 is 6.53. The highest BCUT2D eigenvalue weighted by molar-refractivity contribution is 7.80. The van der Waals surface area contributed by atoms with E-state index in [2.05, 4.69) is 10.6 Å². The molecule has 0 spiro atoms. The van der Waals surface area contributed by atoms with Gasteiger partial charge in [-0.2, -0.15) is 0 Å². The number of carbonyl (C=O) groups is 2. The summed E-state index contributed by atoms with van der Waals surface area (Å²) in [6, 6.07) is 9.83. The van der Waals surface area contributed by atoms with E-state index in [4.69, 9.17) is 21.7 Å². The smallest absolute Gasteiger partial charge is 0.348 e. The van der Waals surface area contributed by atoms with Crippen LogP contribution in [-0.2, 0) is 9.47 Å². The summed E-state index contributed by atoms with van der Waals surface area (Å²) in [7, 11) is 0. The molecule has 28 heavy (non-hydrogen) atoms. The van der Waals surface area contributed by atoms with Crippen molar-refractivity contribution in [2.75, 3.05) is 18.5 Å². The molecule has 6 nitrogen and oxygen atoms in total. The van der Waals surface area contributed by atoms with E-state index in [1.807, 2.05) is 37.3 Å². The summed E-state index contributed by atoms with van der Waals surface area (Å²) in [4.78, 5) is 25.0. The van der Waals surface area contributed by atoms with Crippen LogP contribution in [0.15, 0.2) is 30.3 Å². The molecule has 0 bridgehead atoms. The van der Waals surface area contributed by atoms with Crippen LogP contribution in [0.1, 0.15) is 58.0 Å². The van der Waals surface area contributed by atoms with Crippen molar-refractivity contribution in [1.82, 2.24) is 5.32 Å². The summed E-state index contributed by atoms with van der Waals surface area (Å²) in [5.41, 5.74) is 1.89.